The highest BCUT2D eigenvalue weighted by Crippen LogP contribution is 2.18. The molecule has 2 N–H and O–H groups in total. The molecular weight excluding hydrogens is 230 g/mol. The Morgan fingerprint density at radius 1 is 1.39 bits per heavy atom. The van der Waals surface area contributed by atoms with Gasteiger partial charge in [0.1, 0.15) is 6.10 Å². The maximum atomic E-state index is 12.1. The highest BCUT2D eigenvalue weighted by Gasteiger charge is 2.31. The molecule has 0 bridgehead atoms. The molecule has 0 spiro atoms. The number of rotatable bonds is 4. The van der Waals surface area contributed by atoms with Crippen molar-refractivity contribution in [3.8, 4) is 0 Å². The van der Waals surface area contributed by atoms with Crippen molar-refractivity contribution in [3.05, 3.63) is 35.9 Å². The van der Waals surface area contributed by atoms with E-state index in [0.717, 1.165) is 18.4 Å². The molecule has 4 nitrogen and oxygen atoms in total. The van der Waals surface area contributed by atoms with E-state index in [4.69, 9.17) is 0 Å². The maximum Gasteiger partial charge on any atom is 0.252 e. The van der Waals surface area contributed by atoms with Crippen LogP contribution in [0.2, 0.25) is 0 Å². The molecule has 1 aliphatic rings. The number of hydrogen-bond donors (Lipinski definition) is 2. The van der Waals surface area contributed by atoms with E-state index >= 15 is 0 Å². The van der Waals surface area contributed by atoms with Crippen LogP contribution in [0.1, 0.15) is 18.4 Å². The Morgan fingerprint density at radius 3 is 2.78 bits per heavy atom. The predicted molar refractivity (Wildman–Crippen MR) is 68.0 cm³/mol. The zero-order valence-corrected chi connectivity index (χ0v) is 10.3. The van der Waals surface area contributed by atoms with Gasteiger partial charge in [-0.2, -0.15) is 0 Å². The minimum absolute atomic E-state index is 0.0240. The second kappa shape index (κ2) is 5.98. The summed E-state index contributed by atoms with van der Waals surface area (Å²) in [6, 6.07) is 9.34. The van der Waals surface area contributed by atoms with Gasteiger partial charge in [0, 0.05) is 13.0 Å². The van der Waals surface area contributed by atoms with Gasteiger partial charge in [-0.1, -0.05) is 30.3 Å². The van der Waals surface area contributed by atoms with E-state index in [9.17, 15) is 15.0 Å². The Morgan fingerprint density at radius 2 is 2.11 bits per heavy atom. The van der Waals surface area contributed by atoms with Crippen LogP contribution >= 0.6 is 0 Å². The fourth-order valence-electron chi connectivity index (χ4n) is 2.43. The van der Waals surface area contributed by atoms with Crippen LogP contribution in [0.4, 0.5) is 0 Å². The van der Waals surface area contributed by atoms with Crippen molar-refractivity contribution in [2.75, 3.05) is 13.2 Å². The lowest BCUT2D eigenvalue weighted by Crippen LogP contribution is -2.44. The van der Waals surface area contributed by atoms with Gasteiger partial charge in [-0.25, -0.2) is 0 Å². The van der Waals surface area contributed by atoms with Gasteiger partial charge in [-0.3, -0.25) is 4.79 Å². The Labute approximate surface area is 107 Å². The topological polar surface area (TPSA) is 60.8 Å². The van der Waals surface area contributed by atoms with Crippen LogP contribution in [-0.2, 0) is 11.2 Å². The van der Waals surface area contributed by atoms with E-state index in [-0.39, 0.29) is 18.6 Å². The lowest BCUT2D eigenvalue weighted by molar-refractivity contribution is -0.141. The lowest BCUT2D eigenvalue weighted by atomic mass is 10.1. The van der Waals surface area contributed by atoms with Gasteiger partial charge in [0.2, 0.25) is 0 Å². The quantitative estimate of drug-likeness (QED) is 0.820. The minimum atomic E-state index is -1.01. The number of hydrogen-bond acceptors (Lipinski definition) is 3. The molecule has 1 unspecified atom stereocenters. The van der Waals surface area contributed by atoms with Gasteiger partial charge >= 0.3 is 0 Å². The van der Waals surface area contributed by atoms with E-state index < -0.39 is 6.10 Å². The third kappa shape index (κ3) is 2.89. The van der Waals surface area contributed by atoms with E-state index in [1.807, 2.05) is 30.3 Å². The first-order valence-electron chi connectivity index (χ1n) is 6.35. The number of aliphatic hydroxyl groups excluding tert-OH is 2. The predicted octanol–water partition coefficient (Wildman–Crippen LogP) is 0.573. The molecule has 1 heterocycles. The van der Waals surface area contributed by atoms with Crippen LogP contribution in [-0.4, -0.2) is 46.3 Å². The first-order chi connectivity index (χ1) is 8.72. The highest BCUT2D eigenvalue weighted by atomic mass is 16.3. The zero-order valence-electron chi connectivity index (χ0n) is 10.3. The smallest absolute Gasteiger partial charge is 0.252 e. The van der Waals surface area contributed by atoms with Crippen molar-refractivity contribution in [2.45, 2.75) is 31.4 Å². The molecule has 1 saturated heterocycles. The Kier molecular flexibility index (Phi) is 4.33. The second-order valence-electron chi connectivity index (χ2n) is 4.72. The summed E-state index contributed by atoms with van der Waals surface area (Å²) in [5.41, 5.74) is 0.943. The first-order valence-corrected chi connectivity index (χ1v) is 6.35. The van der Waals surface area contributed by atoms with E-state index in [2.05, 4.69) is 0 Å². The van der Waals surface area contributed by atoms with Crippen LogP contribution in [0.25, 0.3) is 0 Å². The Balaban J connectivity index is 1.96. The van der Waals surface area contributed by atoms with Crippen molar-refractivity contribution in [2.24, 2.45) is 0 Å². The average molecular weight is 249 g/mol. The maximum absolute atomic E-state index is 12.1. The number of carbonyl (C=O) groups excluding carboxylic acids is 1. The number of nitrogens with zero attached hydrogens (tertiary/aromatic N) is 1. The number of aliphatic hydroxyl groups is 2. The third-order valence-electron chi connectivity index (χ3n) is 3.43. The van der Waals surface area contributed by atoms with Gasteiger partial charge in [0.15, 0.2) is 0 Å². The minimum Gasteiger partial charge on any atom is -0.394 e. The molecule has 98 valence electrons. The Bertz CT molecular complexity index is 393. The summed E-state index contributed by atoms with van der Waals surface area (Å²) in [4.78, 5) is 13.7. The summed E-state index contributed by atoms with van der Waals surface area (Å²) < 4.78 is 0. The molecule has 2 rings (SSSR count). The van der Waals surface area contributed by atoms with Crippen molar-refractivity contribution in [1.82, 2.24) is 4.90 Å². The molecule has 0 radical (unpaired) electrons. The van der Waals surface area contributed by atoms with Gasteiger partial charge in [0.25, 0.3) is 5.91 Å². The monoisotopic (exact) mass is 249 g/mol. The molecule has 1 fully saturated rings. The molecule has 2 atom stereocenters. The first kappa shape index (κ1) is 13.1. The summed E-state index contributed by atoms with van der Waals surface area (Å²) >= 11 is 0. The fraction of sp³-hybridized carbons (Fsp3) is 0.500. The van der Waals surface area contributed by atoms with E-state index in [1.165, 1.54) is 0 Å². The summed E-state index contributed by atoms with van der Waals surface area (Å²) in [7, 11) is 0. The van der Waals surface area contributed by atoms with Gasteiger partial charge in [0.05, 0.1) is 12.6 Å². The van der Waals surface area contributed by atoms with Crippen molar-refractivity contribution in [1.29, 1.82) is 0 Å². The summed E-state index contributed by atoms with van der Waals surface area (Å²) in [6.45, 7) is 0.611. The number of benzene rings is 1. The van der Waals surface area contributed by atoms with Gasteiger partial charge in [-0.15, -0.1) is 0 Å². The SMILES string of the molecule is O=C(C(O)Cc1ccccc1)N1CCC[C@H]1CO. The summed E-state index contributed by atoms with van der Waals surface area (Å²) in [5.74, 6) is -0.268. The number of likely N-dealkylation sites (tertiary alicyclic amines) is 1. The van der Waals surface area contributed by atoms with E-state index in [0.29, 0.717) is 13.0 Å². The molecule has 0 aliphatic carbocycles. The number of amides is 1. The molecule has 0 aromatic heterocycles. The molecule has 4 heteroatoms. The van der Waals surface area contributed by atoms with Crippen LogP contribution in [0.15, 0.2) is 30.3 Å². The summed E-state index contributed by atoms with van der Waals surface area (Å²) in [5, 5.41) is 19.2. The molecule has 0 saturated carbocycles. The third-order valence-corrected chi connectivity index (χ3v) is 3.43. The average Bonchev–Trinajstić information content (AvgIpc) is 2.87. The van der Waals surface area contributed by atoms with E-state index in [1.54, 1.807) is 4.90 Å². The zero-order chi connectivity index (χ0) is 13.0. The van der Waals surface area contributed by atoms with Crippen LogP contribution in [0.5, 0.6) is 0 Å². The van der Waals surface area contributed by atoms with Gasteiger partial charge < -0.3 is 15.1 Å². The molecule has 1 aromatic carbocycles. The molecular formula is C14H19NO3. The molecule has 1 amide bonds. The summed E-state index contributed by atoms with van der Waals surface area (Å²) in [6.07, 6.45) is 1.03. The number of carbonyl (C=O) groups is 1. The normalized spacial score (nSPS) is 21.0. The van der Waals surface area contributed by atoms with Crippen molar-refractivity contribution >= 4 is 5.91 Å². The van der Waals surface area contributed by atoms with Crippen molar-refractivity contribution < 1.29 is 15.0 Å². The second-order valence-corrected chi connectivity index (χ2v) is 4.72. The van der Waals surface area contributed by atoms with Crippen LogP contribution in [0, 0.1) is 0 Å². The Hall–Kier alpha value is -1.39. The standard InChI is InChI=1S/C14H19NO3/c16-10-12-7-4-8-15(12)14(18)13(17)9-11-5-2-1-3-6-11/h1-3,5-6,12-13,16-17H,4,7-10H2/t12-,13?/m0/s1. The largest absolute Gasteiger partial charge is 0.394 e. The van der Waals surface area contributed by atoms with Crippen molar-refractivity contribution in [3.63, 3.8) is 0 Å². The molecule has 18 heavy (non-hydrogen) atoms. The fourth-order valence-corrected chi connectivity index (χ4v) is 2.43. The molecule has 1 aromatic rings. The van der Waals surface area contributed by atoms with Gasteiger partial charge in [-0.05, 0) is 18.4 Å². The lowest BCUT2D eigenvalue weighted by Gasteiger charge is -2.25. The highest BCUT2D eigenvalue weighted by molar-refractivity contribution is 5.81. The van der Waals surface area contributed by atoms with Crippen LogP contribution in [0.3, 0.4) is 0 Å². The van der Waals surface area contributed by atoms with Crippen LogP contribution < -0.4 is 0 Å². The molecule has 1 aliphatic heterocycles.